The summed E-state index contributed by atoms with van der Waals surface area (Å²) in [6.07, 6.45) is 4.19. The van der Waals surface area contributed by atoms with E-state index in [0.717, 1.165) is 11.1 Å². The average Bonchev–Trinajstić information content (AvgIpc) is 3.11. The van der Waals surface area contributed by atoms with Crippen molar-refractivity contribution in [3.63, 3.8) is 0 Å². The summed E-state index contributed by atoms with van der Waals surface area (Å²) in [5, 5.41) is 0. The van der Waals surface area contributed by atoms with Gasteiger partial charge in [0.15, 0.2) is 0 Å². The molecule has 0 saturated carbocycles. The van der Waals surface area contributed by atoms with E-state index < -0.39 is 16.1 Å². The summed E-state index contributed by atoms with van der Waals surface area (Å²) in [6, 6.07) is 27.1. The number of halogens is 2. The third-order valence-corrected chi connectivity index (χ3v) is 6.10. The summed E-state index contributed by atoms with van der Waals surface area (Å²) in [5.74, 6) is 0.214. The number of benzene rings is 3. The van der Waals surface area contributed by atoms with E-state index in [1.165, 1.54) is 16.7 Å². The van der Waals surface area contributed by atoms with Crippen LogP contribution in [0.3, 0.4) is 0 Å². The number of allylic oxidation sites excluding steroid dienone is 1. The van der Waals surface area contributed by atoms with Crippen LogP contribution in [0.15, 0.2) is 84.9 Å². The zero-order valence-electron chi connectivity index (χ0n) is 14.0. The van der Waals surface area contributed by atoms with E-state index in [4.69, 9.17) is 21.9 Å². The van der Waals surface area contributed by atoms with Crippen LogP contribution in [-0.4, -0.2) is 0 Å². The van der Waals surface area contributed by atoms with E-state index in [2.05, 4.69) is 66.7 Å². The van der Waals surface area contributed by atoms with Crippen LogP contribution < -0.4 is 0 Å². The molecule has 0 aliphatic heterocycles. The Bertz CT molecular complexity index is 924. The molecule has 0 saturated heterocycles. The third kappa shape index (κ3) is 3.69. The Morgan fingerprint density at radius 1 is 0.769 bits per heavy atom. The molecule has 4 heteroatoms. The summed E-state index contributed by atoms with van der Waals surface area (Å²) >= 11 is -2.54. The standard InChI is InChI=1S/C22H17O.2ClH.Ti/c23-22(17-9-2-1-3-10-17)21-13-7-6-12-19(21)20-15-14-16-8-4-5-11-18(16)20;;;/h1-15,20,22H;2*1H;/q-1;;;+3/p-2. The predicted molar refractivity (Wildman–Crippen MR) is 105 cm³/mol. The molecule has 0 fully saturated rings. The Kier molecular flexibility index (Phi) is 5.64. The zero-order valence-corrected chi connectivity index (χ0v) is 17.1. The molecular formula is C22H17Cl2OTi. The van der Waals surface area contributed by atoms with Crippen LogP contribution in [0.25, 0.3) is 6.08 Å². The fourth-order valence-electron chi connectivity index (χ4n) is 3.58. The monoisotopic (exact) mass is 415 g/mol. The first-order valence-electron chi connectivity index (χ1n) is 8.49. The summed E-state index contributed by atoms with van der Waals surface area (Å²) in [6.45, 7) is 0. The van der Waals surface area contributed by atoms with Gasteiger partial charge in [0.2, 0.25) is 0 Å². The van der Waals surface area contributed by atoms with Crippen LogP contribution in [0.5, 0.6) is 0 Å². The molecule has 0 amide bonds. The minimum absolute atomic E-state index is 0.214. The molecule has 0 aromatic heterocycles. The predicted octanol–water partition coefficient (Wildman–Crippen LogP) is 6.79. The van der Waals surface area contributed by atoms with Crippen LogP contribution in [0, 0.1) is 0 Å². The van der Waals surface area contributed by atoms with Gasteiger partial charge >= 0.3 is 169 Å². The molecule has 0 spiro atoms. The van der Waals surface area contributed by atoms with Gasteiger partial charge in [0.05, 0.1) is 0 Å². The fourth-order valence-corrected chi connectivity index (χ4v) is 5.01. The summed E-state index contributed by atoms with van der Waals surface area (Å²) in [4.78, 5) is 0. The van der Waals surface area contributed by atoms with Crippen LogP contribution in [-0.2, 0) is 19.5 Å². The Labute approximate surface area is 168 Å². The molecule has 1 aliphatic carbocycles. The molecule has 0 bridgehead atoms. The van der Waals surface area contributed by atoms with Crippen molar-refractivity contribution in [2.75, 3.05) is 0 Å². The van der Waals surface area contributed by atoms with Crippen LogP contribution in [0.1, 0.15) is 39.8 Å². The molecule has 1 nitrogen and oxygen atoms in total. The van der Waals surface area contributed by atoms with Crippen molar-refractivity contribution >= 4 is 24.7 Å². The van der Waals surface area contributed by atoms with Gasteiger partial charge in [-0.2, -0.15) is 0 Å². The molecule has 129 valence electrons. The number of rotatable bonds is 5. The molecule has 3 aromatic carbocycles. The quantitative estimate of drug-likeness (QED) is 0.416. The molecule has 2 atom stereocenters. The maximum absolute atomic E-state index is 6.16. The van der Waals surface area contributed by atoms with Gasteiger partial charge < -0.3 is 0 Å². The van der Waals surface area contributed by atoms with Crippen molar-refractivity contribution < 1.29 is 19.5 Å². The Balaban J connectivity index is 1.81. The van der Waals surface area contributed by atoms with Gasteiger partial charge in [-0.25, -0.2) is 0 Å². The van der Waals surface area contributed by atoms with E-state index in [9.17, 15) is 0 Å². The summed E-state index contributed by atoms with van der Waals surface area (Å²) in [5.41, 5.74) is 6.02. The molecule has 1 aliphatic rings. The van der Waals surface area contributed by atoms with Crippen molar-refractivity contribution in [1.82, 2.24) is 0 Å². The first-order valence-corrected chi connectivity index (χ1v) is 13.4. The van der Waals surface area contributed by atoms with E-state index in [-0.39, 0.29) is 12.0 Å². The number of fused-ring (bicyclic) bond motifs is 1. The summed E-state index contributed by atoms with van der Waals surface area (Å²) in [7, 11) is 12.3. The van der Waals surface area contributed by atoms with Gasteiger partial charge in [-0.15, -0.1) is 0 Å². The Morgan fingerprint density at radius 2 is 1.42 bits per heavy atom. The SMILES string of the molecule is [Cl][Ti]([Cl])[O]C(c1ccccc1)c1ccccc1C1C=Cc2ccccc21. The Hall–Kier alpha value is -1.35. The molecule has 2 unspecified atom stereocenters. The Morgan fingerprint density at radius 3 is 2.19 bits per heavy atom. The van der Waals surface area contributed by atoms with Crippen LogP contribution in [0.2, 0.25) is 0 Å². The number of hydrogen-bond acceptors (Lipinski definition) is 1. The second-order valence-corrected chi connectivity index (χ2v) is 10.9. The molecule has 26 heavy (non-hydrogen) atoms. The van der Waals surface area contributed by atoms with E-state index >= 15 is 0 Å². The molecule has 3 aromatic rings. The van der Waals surface area contributed by atoms with E-state index in [1.807, 2.05) is 24.3 Å². The van der Waals surface area contributed by atoms with Gasteiger partial charge in [-0.1, -0.05) is 0 Å². The van der Waals surface area contributed by atoms with Crippen molar-refractivity contribution in [3.8, 4) is 0 Å². The molecule has 4 rings (SSSR count). The van der Waals surface area contributed by atoms with Crippen LogP contribution >= 0.6 is 18.6 Å². The van der Waals surface area contributed by atoms with Crippen molar-refractivity contribution in [2.45, 2.75) is 12.0 Å². The van der Waals surface area contributed by atoms with Crippen LogP contribution in [0.4, 0.5) is 0 Å². The maximum atomic E-state index is 6.16. The summed E-state index contributed by atoms with van der Waals surface area (Å²) < 4.78 is 6.08. The van der Waals surface area contributed by atoms with Gasteiger partial charge in [-0.05, 0) is 0 Å². The second-order valence-electron chi connectivity index (χ2n) is 6.23. The number of hydrogen-bond donors (Lipinski definition) is 0. The molecule has 0 N–H and O–H groups in total. The van der Waals surface area contributed by atoms with Crippen molar-refractivity contribution in [2.24, 2.45) is 0 Å². The van der Waals surface area contributed by atoms with E-state index in [0.29, 0.717) is 0 Å². The van der Waals surface area contributed by atoms with Crippen molar-refractivity contribution in [3.05, 3.63) is 113 Å². The topological polar surface area (TPSA) is 9.23 Å². The fraction of sp³-hybridized carbons (Fsp3) is 0.0909. The average molecular weight is 416 g/mol. The second kappa shape index (κ2) is 8.12. The molecular weight excluding hydrogens is 399 g/mol. The van der Waals surface area contributed by atoms with Crippen molar-refractivity contribution in [1.29, 1.82) is 0 Å². The normalized spacial score (nSPS) is 16.3. The van der Waals surface area contributed by atoms with Gasteiger partial charge in [0.25, 0.3) is 0 Å². The third-order valence-electron chi connectivity index (χ3n) is 4.72. The van der Waals surface area contributed by atoms with E-state index in [1.54, 1.807) is 0 Å². The van der Waals surface area contributed by atoms with Gasteiger partial charge in [0.1, 0.15) is 0 Å². The minimum atomic E-state index is -2.54. The first kappa shape index (κ1) is 18.0. The first-order chi connectivity index (χ1) is 12.7. The van der Waals surface area contributed by atoms with Gasteiger partial charge in [-0.3, -0.25) is 0 Å². The van der Waals surface area contributed by atoms with Gasteiger partial charge in [0, 0.05) is 0 Å². The zero-order chi connectivity index (χ0) is 17.9. The molecule has 0 heterocycles. The molecule has 0 radical (unpaired) electrons.